The molecule has 0 radical (unpaired) electrons. The molecular formula is C26H25O4P. The Morgan fingerprint density at radius 2 is 1.19 bits per heavy atom. The van der Waals surface area contributed by atoms with Crippen molar-refractivity contribution in [2.24, 2.45) is 0 Å². The molecule has 3 rings (SSSR count). The Hall–Kier alpha value is -3.36. The van der Waals surface area contributed by atoms with Crippen molar-refractivity contribution >= 4 is 13.1 Å². The van der Waals surface area contributed by atoms with E-state index in [1.165, 1.54) is 0 Å². The highest BCUT2D eigenvalue weighted by atomic mass is 31.2. The highest BCUT2D eigenvalue weighted by Crippen LogP contribution is 2.51. The largest absolute Gasteiger partial charge is 0.503 e. The fourth-order valence-corrected chi connectivity index (χ4v) is 4.41. The molecule has 0 amide bonds. The molecule has 158 valence electrons. The fourth-order valence-electron chi connectivity index (χ4n) is 2.94. The van der Waals surface area contributed by atoms with Crippen molar-refractivity contribution in [3.63, 3.8) is 0 Å². The monoisotopic (exact) mass is 432 g/mol. The van der Waals surface area contributed by atoms with Gasteiger partial charge in [-0.1, -0.05) is 66.2 Å². The Balaban J connectivity index is 1.92. The summed E-state index contributed by atoms with van der Waals surface area (Å²) in [6, 6.07) is 20.8. The Bertz CT molecular complexity index is 1040. The fraction of sp³-hybridized carbons (Fsp3) is 0.115. The topological polar surface area (TPSA) is 52.6 Å². The van der Waals surface area contributed by atoms with E-state index >= 15 is 0 Å². The van der Waals surface area contributed by atoms with Gasteiger partial charge >= 0.3 is 7.60 Å². The van der Waals surface area contributed by atoms with Crippen LogP contribution in [0.4, 0.5) is 0 Å². The molecule has 0 aliphatic carbocycles. The SMILES string of the molecule is C=CCc1ccc(OP(=O)(Oc2ccc(CC=C)cc2)C(=O)c2ccc(C)cc2)cc1. The lowest BCUT2D eigenvalue weighted by atomic mass is 10.1. The standard InChI is InChI=1S/C26H25O4P/c1-4-6-21-10-16-24(17-11-21)29-31(28,26(27)23-14-8-20(3)9-15-23)30-25-18-12-22(7-5-2)13-19-25/h4-5,8-19H,1-2,6-7H2,3H3. The van der Waals surface area contributed by atoms with Gasteiger partial charge in [0, 0.05) is 5.56 Å². The summed E-state index contributed by atoms with van der Waals surface area (Å²) in [4.78, 5) is 13.2. The van der Waals surface area contributed by atoms with Crippen molar-refractivity contribution in [2.45, 2.75) is 19.8 Å². The van der Waals surface area contributed by atoms with Gasteiger partial charge in [-0.05, 0) is 55.2 Å². The van der Waals surface area contributed by atoms with E-state index in [0.717, 1.165) is 16.7 Å². The van der Waals surface area contributed by atoms with Crippen LogP contribution < -0.4 is 9.05 Å². The molecule has 0 atom stereocenters. The Morgan fingerprint density at radius 1 is 0.774 bits per heavy atom. The Morgan fingerprint density at radius 3 is 1.58 bits per heavy atom. The molecule has 0 N–H and O–H groups in total. The number of carbonyl (C=O) groups excluding carboxylic acids is 1. The van der Waals surface area contributed by atoms with Gasteiger partial charge in [0.05, 0.1) is 0 Å². The summed E-state index contributed by atoms with van der Waals surface area (Å²) in [6.45, 7) is 9.35. The number of allylic oxidation sites excluding steroid dienone is 2. The molecule has 3 aromatic carbocycles. The molecule has 0 spiro atoms. The van der Waals surface area contributed by atoms with Crippen LogP contribution in [0.5, 0.6) is 11.5 Å². The molecule has 0 bridgehead atoms. The van der Waals surface area contributed by atoms with Crippen molar-refractivity contribution in [3.05, 3.63) is 120 Å². The van der Waals surface area contributed by atoms with E-state index in [9.17, 15) is 9.36 Å². The van der Waals surface area contributed by atoms with Crippen LogP contribution in [-0.2, 0) is 17.4 Å². The van der Waals surface area contributed by atoms with Gasteiger partial charge in [0.15, 0.2) is 0 Å². The summed E-state index contributed by atoms with van der Waals surface area (Å²) < 4.78 is 25.1. The zero-order valence-electron chi connectivity index (χ0n) is 17.5. The van der Waals surface area contributed by atoms with Crippen molar-refractivity contribution in [1.82, 2.24) is 0 Å². The first kappa shape index (κ1) is 22.3. The molecule has 0 unspecified atom stereocenters. The molecule has 5 heteroatoms. The predicted molar refractivity (Wildman–Crippen MR) is 125 cm³/mol. The van der Waals surface area contributed by atoms with Gasteiger partial charge in [-0.2, -0.15) is 0 Å². The summed E-state index contributed by atoms with van der Waals surface area (Å²) >= 11 is 0. The van der Waals surface area contributed by atoms with Gasteiger partial charge in [-0.25, -0.2) is 4.57 Å². The first-order chi connectivity index (χ1) is 14.9. The van der Waals surface area contributed by atoms with E-state index in [-0.39, 0.29) is 5.56 Å². The maximum absolute atomic E-state index is 13.7. The number of aryl methyl sites for hydroxylation is 1. The van der Waals surface area contributed by atoms with Crippen LogP contribution in [0.25, 0.3) is 0 Å². The lowest BCUT2D eigenvalue weighted by Crippen LogP contribution is -2.12. The summed E-state index contributed by atoms with van der Waals surface area (Å²) in [7, 11) is -4.23. The highest BCUT2D eigenvalue weighted by Gasteiger charge is 2.39. The zero-order valence-corrected chi connectivity index (χ0v) is 18.4. The van der Waals surface area contributed by atoms with E-state index in [2.05, 4.69) is 13.2 Å². The average molecular weight is 432 g/mol. The molecular weight excluding hydrogens is 407 g/mol. The lowest BCUT2D eigenvalue weighted by molar-refractivity contribution is 0.104. The highest BCUT2D eigenvalue weighted by molar-refractivity contribution is 7.73. The zero-order chi connectivity index (χ0) is 22.3. The molecule has 3 aromatic rings. The number of hydrogen-bond acceptors (Lipinski definition) is 4. The maximum atomic E-state index is 13.7. The van der Waals surface area contributed by atoms with Crippen LogP contribution in [0.3, 0.4) is 0 Å². The number of hydrogen-bond donors (Lipinski definition) is 0. The number of rotatable bonds is 10. The van der Waals surface area contributed by atoms with Crippen LogP contribution in [0, 0.1) is 6.92 Å². The molecule has 0 aliphatic heterocycles. The van der Waals surface area contributed by atoms with Gasteiger partial charge in [-0.15, -0.1) is 13.2 Å². The van der Waals surface area contributed by atoms with Crippen molar-refractivity contribution in [1.29, 1.82) is 0 Å². The molecule has 0 saturated heterocycles. The second-order valence-corrected chi connectivity index (χ2v) is 8.89. The second-order valence-electron chi connectivity index (χ2n) is 7.12. The minimum absolute atomic E-state index is 0.264. The Labute approximate surface area is 183 Å². The maximum Gasteiger partial charge on any atom is 0.503 e. The van der Waals surface area contributed by atoms with E-state index < -0.39 is 13.1 Å². The van der Waals surface area contributed by atoms with Crippen molar-refractivity contribution < 1.29 is 18.4 Å². The quantitative estimate of drug-likeness (QED) is 0.257. The molecule has 31 heavy (non-hydrogen) atoms. The number of benzene rings is 3. The van der Waals surface area contributed by atoms with Crippen molar-refractivity contribution in [2.75, 3.05) is 0 Å². The smallest absolute Gasteiger partial charge is 0.411 e. The van der Waals surface area contributed by atoms with Crippen LogP contribution in [0.2, 0.25) is 0 Å². The first-order valence-electron chi connectivity index (χ1n) is 9.94. The summed E-state index contributed by atoms with van der Waals surface area (Å²) in [5, 5.41) is 0. The third kappa shape index (κ3) is 5.84. The normalized spacial score (nSPS) is 10.9. The van der Waals surface area contributed by atoms with E-state index in [4.69, 9.17) is 9.05 Å². The third-order valence-corrected chi connectivity index (χ3v) is 6.26. The van der Waals surface area contributed by atoms with Crippen molar-refractivity contribution in [3.8, 4) is 11.5 Å². The van der Waals surface area contributed by atoms with Gasteiger partial charge in [0.2, 0.25) is 0 Å². The molecule has 0 heterocycles. The second kappa shape index (κ2) is 10.1. The van der Waals surface area contributed by atoms with Crippen LogP contribution in [0.1, 0.15) is 27.0 Å². The number of carbonyl (C=O) groups is 1. The van der Waals surface area contributed by atoms with Gasteiger partial charge in [-0.3, -0.25) is 4.79 Å². The molecule has 0 saturated carbocycles. The van der Waals surface area contributed by atoms with Gasteiger partial charge < -0.3 is 9.05 Å². The molecule has 4 nitrogen and oxygen atoms in total. The Kier molecular flexibility index (Phi) is 7.28. The van der Waals surface area contributed by atoms with Crippen LogP contribution in [-0.4, -0.2) is 5.52 Å². The minimum Gasteiger partial charge on any atom is -0.411 e. The van der Waals surface area contributed by atoms with Crippen LogP contribution in [0.15, 0.2) is 98.1 Å². The van der Waals surface area contributed by atoms with Gasteiger partial charge in [0.1, 0.15) is 11.5 Å². The minimum atomic E-state index is -4.23. The average Bonchev–Trinajstić information content (AvgIpc) is 2.77. The summed E-state index contributed by atoms with van der Waals surface area (Å²) in [5.74, 6) is 0.583. The first-order valence-corrected chi connectivity index (χ1v) is 11.5. The van der Waals surface area contributed by atoms with Crippen LogP contribution >= 0.6 is 7.60 Å². The predicted octanol–water partition coefficient (Wildman–Crippen LogP) is 6.94. The lowest BCUT2D eigenvalue weighted by Gasteiger charge is -2.19. The molecule has 0 aromatic heterocycles. The molecule has 0 aliphatic rings. The van der Waals surface area contributed by atoms with E-state index in [1.54, 1.807) is 60.7 Å². The summed E-state index contributed by atoms with van der Waals surface area (Å²) in [6.07, 6.45) is 4.99. The third-order valence-electron chi connectivity index (χ3n) is 4.61. The van der Waals surface area contributed by atoms with E-state index in [0.29, 0.717) is 24.3 Å². The van der Waals surface area contributed by atoms with Gasteiger partial charge in [0.25, 0.3) is 5.52 Å². The summed E-state index contributed by atoms with van der Waals surface area (Å²) in [5.41, 5.74) is 2.61. The molecule has 0 fully saturated rings. The van der Waals surface area contributed by atoms with E-state index in [1.807, 2.05) is 31.2 Å².